The van der Waals surface area contributed by atoms with E-state index in [2.05, 4.69) is 26.0 Å². The predicted octanol–water partition coefficient (Wildman–Crippen LogP) is 12.7. The molecule has 42 heavy (non-hydrogen) atoms. The molecule has 0 aliphatic rings. The smallest absolute Gasteiger partial charge is 0.306 e. The van der Waals surface area contributed by atoms with Gasteiger partial charge in [-0.25, -0.2) is 0 Å². The molecule has 0 aliphatic carbocycles. The fourth-order valence-corrected chi connectivity index (χ4v) is 5.71. The molecule has 4 heteroatoms. The molecule has 0 spiro atoms. The van der Waals surface area contributed by atoms with E-state index in [1.54, 1.807) is 0 Å². The van der Waals surface area contributed by atoms with Crippen molar-refractivity contribution in [2.24, 2.45) is 0 Å². The van der Waals surface area contributed by atoms with E-state index in [-0.39, 0.29) is 18.5 Å². The number of allylic oxidation sites excluding steroid dienone is 2. The Morgan fingerprint density at radius 1 is 0.500 bits per heavy atom. The average molecular weight is 593 g/mol. The number of ether oxygens (including phenoxy) is 1. The van der Waals surface area contributed by atoms with Crippen LogP contribution in [0.1, 0.15) is 213 Å². The van der Waals surface area contributed by atoms with Crippen molar-refractivity contribution in [2.75, 3.05) is 0 Å². The minimum absolute atomic E-state index is 0.0158. The Morgan fingerprint density at radius 2 is 0.857 bits per heavy atom. The third-order valence-corrected chi connectivity index (χ3v) is 8.49. The molecule has 0 aromatic carbocycles. The molecule has 4 nitrogen and oxygen atoms in total. The summed E-state index contributed by atoms with van der Waals surface area (Å²) in [6.07, 6.45) is 40.9. The molecule has 248 valence electrons. The molecule has 1 unspecified atom stereocenters. The van der Waals surface area contributed by atoms with Crippen LogP contribution < -0.4 is 0 Å². The predicted molar refractivity (Wildman–Crippen MR) is 181 cm³/mol. The Hall–Kier alpha value is -1.32. The Morgan fingerprint density at radius 3 is 1.29 bits per heavy atom. The minimum Gasteiger partial charge on any atom is -0.481 e. The summed E-state index contributed by atoms with van der Waals surface area (Å²) in [5.41, 5.74) is 0. The van der Waals surface area contributed by atoms with Gasteiger partial charge in [0.1, 0.15) is 6.10 Å². The van der Waals surface area contributed by atoms with E-state index in [1.807, 2.05) is 0 Å². The van der Waals surface area contributed by atoms with Gasteiger partial charge in [0.2, 0.25) is 0 Å². The van der Waals surface area contributed by atoms with Crippen molar-refractivity contribution in [1.29, 1.82) is 0 Å². The zero-order valence-electron chi connectivity index (χ0n) is 28.3. The highest BCUT2D eigenvalue weighted by Crippen LogP contribution is 2.18. The second kappa shape index (κ2) is 34.2. The van der Waals surface area contributed by atoms with Crippen LogP contribution in [0.15, 0.2) is 12.2 Å². The largest absolute Gasteiger partial charge is 0.481 e. The lowest BCUT2D eigenvalue weighted by atomic mass is 10.0. The first-order valence-corrected chi connectivity index (χ1v) is 18.7. The number of hydrogen-bond acceptors (Lipinski definition) is 3. The topological polar surface area (TPSA) is 63.6 Å². The molecule has 0 amide bonds. The van der Waals surface area contributed by atoms with Crippen LogP contribution in [0.2, 0.25) is 0 Å². The number of carbonyl (C=O) groups excluding carboxylic acids is 1. The molecule has 0 rings (SSSR count). The highest BCUT2D eigenvalue weighted by molar-refractivity contribution is 5.69. The first-order valence-electron chi connectivity index (χ1n) is 18.7. The molecule has 0 fully saturated rings. The molecule has 0 aromatic rings. The lowest BCUT2D eigenvalue weighted by Crippen LogP contribution is -2.18. The number of esters is 1. The van der Waals surface area contributed by atoms with Crippen LogP contribution in [-0.4, -0.2) is 23.1 Å². The van der Waals surface area contributed by atoms with E-state index in [9.17, 15) is 9.59 Å². The second-order valence-corrected chi connectivity index (χ2v) is 12.8. The molecule has 0 bridgehead atoms. The van der Waals surface area contributed by atoms with Crippen molar-refractivity contribution in [3.05, 3.63) is 12.2 Å². The molecule has 0 saturated heterocycles. The summed E-state index contributed by atoms with van der Waals surface area (Å²) in [6.45, 7) is 4.52. The van der Waals surface area contributed by atoms with E-state index in [0.29, 0.717) is 6.42 Å². The molecule has 0 aromatic heterocycles. The fraction of sp³-hybridized carbons (Fsp3) is 0.895. The van der Waals surface area contributed by atoms with Crippen LogP contribution in [0, 0.1) is 0 Å². The van der Waals surface area contributed by atoms with Crippen LogP contribution >= 0.6 is 0 Å². The van der Waals surface area contributed by atoms with Gasteiger partial charge in [0, 0.05) is 12.8 Å². The zero-order chi connectivity index (χ0) is 30.8. The summed E-state index contributed by atoms with van der Waals surface area (Å²) >= 11 is 0. The Kier molecular flexibility index (Phi) is 33.1. The number of rotatable bonds is 34. The number of carboxylic acid groups (broad SMARTS) is 1. The van der Waals surface area contributed by atoms with Gasteiger partial charge in [-0.05, 0) is 64.2 Å². The molecular weight excluding hydrogens is 520 g/mol. The summed E-state index contributed by atoms with van der Waals surface area (Å²) in [5.74, 6) is -0.726. The Balaban J connectivity index is 3.77. The summed E-state index contributed by atoms with van der Waals surface area (Å²) in [4.78, 5) is 23.2. The van der Waals surface area contributed by atoms with Gasteiger partial charge in [-0.3, -0.25) is 9.59 Å². The molecule has 1 N–H and O–H groups in total. The molecule has 1 atom stereocenters. The quantitative estimate of drug-likeness (QED) is 0.0458. The molecule has 0 saturated carbocycles. The maximum absolute atomic E-state index is 12.5. The standard InChI is InChI=1S/C38H72O4/c1-3-5-7-9-11-12-13-14-15-16-17-18-19-20-21-22-23-25-31-35-38(41)42-36(32-28-24-10-8-6-4-2)33-29-26-27-30-34-37(39)40/h14-15,36H,3-13,16-35H2,1-2H3,(H,39,40)/b15-14-. The van der Waals surface area contributed by atoms with E-state index in [4.69, 9.17) is 9.84 Å². The van der Waals surface area contributed by atoms with Crippen LogP contribution in [0.25, 0.3) is 0 Å². The maximum atomic E-state index is 12.5. The maximum Gasteiger partial charge on any atom is 0.306 e. The van der Waals surface area contributed by atoms with Crippen LogP contribution in [-0.2, 0) is 14.3 Å². The van der Waals surface area contributed by atoms with Gasteiger partial charge in [0.25, 0.3) is 0 Å². The third-order valence-electron chi connectivity index (χ3n) is 8.49. The molecule has 0 heterocycles. The van der Waals surface area contributed by atoms with Crippen molar-refractivity contribution in [3.63, 3.8) is 0 Å². The number of carboxylic acids is 1. The van der Waals surface area contributed by atoms with Gasteiger partial charge >= 0.3 is 11.9 Å². The monoisotopic (exact) mass is 593 g/mol. The lowest BCUT2D eigenvalue weighted by Gasteiger charge is -2.18. The zero-order valence-corrected chi connectivity index (χ0v) is 28.3. The highest BCUT2D eigenvalue weighted by Gasteiger charge is 2.14. The van der Waals surface area contributed by atoms with Gasteiger partial charge in [-0.1, -0.05) is 148 Å². The van der Waals surface area contributed by atoms with Crippen LogP contribution in [0.4, 0.5) is 0 Å². The number of carbonyl (C=O) groups is 2. The number of unbranched alkanes of at least 4 members (excludes halogenated alkanes) is 23. The summed E-state index contributed by atoms with van der Waals surface area (Å²) < 4.78 is 5.92. The normalized spacial score (nSPS) is 12.2. The summed E-state index contributed by atoms with van der Waals surface area (Å²) in [5, 5.41) is 8.80. The van der Waals surface area contributed by atoms with E-state index in [1.165, 1.54) is 128 Å². The average Bonchev–Trinajstić information content (AvgIpc) is 2.97. The Labute approximate surface area is 262 Å². The second-order valence-electron chi connectivity index (χ2n) is 12.8. The third kappa shape index (κ3) is 33.2. The van der Waals surface area contributed by atoms with Gasteiger partial charge in [-0.15, -0.1) is 0 Å². The molecule has 0 radical (unpaired) electrons. The first-order chi connectivity index (χ1) is 20.6. The van der Waals surface area contributed by atoms with Crippen molar-refractivity contribution in [3.8, 4) is 0 Å². The Bertz CT molecular complexity index is 600. The first kappa shape index (κ1) is 40.7. The van der Waals surface area contributed by atoms with Gasteiger partial charge in [-0.2, -0.15) is 0 Å². The van der Waals surface area contributed by atoms with Crippen molar-refractivity contribution in [1.82, 2.24) is 0 Å². The van der Waals surface area contributed by atoms with Crippen molar-refractivity contribution < 1.29 is 19.4 Å². The van der Waals surface area contributed by atoms with Crippen molar-refractivity contribution >= 4 is 11.9 Å². The van der Waals surface area contributed by atoms with Gasteiger partial charge in [0.05, 0.1) is 0 Å². The van der Waals surface area contributed by atoms with E-state index in [0.717, 1.165) is 57.8 Å². The molecule has 0 aliphatic heterocycles. The molecular formula is C38H72O4. The van der Waals surface area contributed by atoms with Crippen molar-refractivity contribution in [2.45, 2.75) is 219 Å². The van der Waals surface area contributed by atoms with Crippen LogP contribution in [0.5, 0.6) is 0 Å². The highest BCUT2D eigenvalue weighted by atomic mass is 16.5. The minimum atomic E-state index is -0.711. The van der Waals surface area contributed by atoms with E-state index < -0.39 is 5.97 Å². The summed E-state index contributed by atoms with van der Waals surface area (Å²) in [7, 11) is 0. The van der Waals surface area contributed by atoms with Gasteiger partial charge < -0.3 is 9.84 Å². The fourth-order valence-electron chi connectivity index (χ4n) is 5.71. The number of hydrogen-bond donors (Lipinski definition) is 1. The number of aliphatic carboxylic acids is 1. The SMILES string of the molecule is CCCCCCCC/C=C\CCCCCCCCCCCC(=O)OC(CCCCCCCC)CCCCCCC(=O)O. The van der Waals surface area contributed by atoms with Gasteiger partial charge in [0.15, 0.2) is 0 Å². The lowest BCUT2D eigenvalue weighted by molar-refractivity contribution is -0.150. The summed E-state index contributed by atoms with van der Waals surface area (Å²) in [6, 6.07) is 0. The van der Waals surface area contributed by atoms with E-state index >= 15 is 0 Å². The van der Waals surface area contributed by atoms with Crippen LogP contribution in [0.3, 0.4) is 0 Å².